The summed E-state index contributed by atoms with van der Waals surface area (Å²) < 4.78 is 5.98. The molecule has 2 unspecified atom stereocenters. The van der Waals surface area contributed by atoms with Gasteiger partial charge in [0, 0.05) is 30.2 Å². The highest BCUT2D eigenvalue weighted by atomic mass is 35.5. The number of hydrogen-bond acceptors (Lipinski definition) is 3. The molecule has 1 aliphatic heterocycles. The smallest absolute Gasteiger partial charge is 0.0858 e. The van der Waals surface area contributed by atoms with Crippen molar-refractivity contribution in [2.45, 2.75) is 38.5 Å². The van der Waals surface area contributed by atoms with Crippen LogP contribution in [-0.2, 0) is 11.2 Å². The van der Waals surface area contributed by atoms with E-state index in [9.17, 15) is 0 Å². The molecule has 0 spiro atoms. The summed E-state index contributed by atoms with van der Waals surface area (Å²) in [5, 5.41) is 4.20. The fourth-order valence-electron chi connectivity index (χ4n) is 2.75. The van der Waals surface area contributed by atoms with Crippen LogP contribution < -0.4 is 5.32 Å². The van der Waals surface area contributed by atoms with Crippen molar-refractivity contribution in [3.05, 3.63) is 34.9 Å². The third-order valence-corrected chi connectivity index (χ3v) is 4.25. The molecule has 0 saturated carbocycles. The molecule has 1 aliphatic rings. The van der Waals surface area contributed by atoms with Gasteiger partial charge in [-0.2, -0.15) is 0 Å². The summed E-state index contributed by atoms with van der Waals surface area (Å²) in [6.45, 7) is 7.32. The van der Waals surface area contributed by atoms with Crippen molar-refractivity contribution < 1.29 is 4.74 Å². The molecule has 3 nitrogen and oxygen atoms in total. The standard InChI is InChI=1S/C16H25ClN2O/c1-12(2)19-7-8-20-16(11-19)15(18-3)10-13-5-4-6-14(17)9-13/h4-6,9,12,15-16,18H,7-8,10-11H2,1-3H3. The van der Waals surface area contributed by atoms with E-state index in [0.29, 0.717) is 12.1 Å². The van der Waals surface area contributed by atoms with Crippen LogP contribution in [0.15, 0.2) is 24.3 Å². The minimum Gasteiger partial charge on any atom is -0.374 e. The second-order valence-electron chi connectivity index (χ2n) is 5.73. The molecule has 0 radical (unpaired) electrons. The SMILES string of the molecule is CNC(Cc1cccc(Cl)c1)C1CN(C(C)C)CCO1. The quantitative estimate of drug-likeness (QED) is 0.904. The highest BCUT2D eigenvalue weighted by Crippen LogP contribution is 2.17. The molecule has 0 bridgehead atoms. The molecule has 20 heavy (non-hydrogen) atoms. The summed E-state index contributed by atoms with van der Waals surface area (Å²) in [7, 11) is 2.01. The molecule has 1 fully saturated rings. The Kier molecular flexibility index (Phi) is 5.85. The normalized spacial score (nSPS) is 22.1. The molecule has 0 aliphatic carbocycles. The number of nitrogens with one attached hydrogen (secondary N) is 1. The second kappa shape index (κ2) is 7.41. The Hall–Kier alpha value is -0.610. The number of benzene rings is 1. The Morgan fingerprint density at radius 2 is 2.25 bits per heavy atom. The van der Waals surface area contributed by atoms with Gasteiger partial charge in [0.05, 0.1) is 12.7 Å². The van der Waals surface area contributed by atoms with Crippen LogP contribution in [0, 0.1) is 0 Å². The molecular formula is C16H25ClN2O. The maximum Gasteiger partial charge on any atom is 0.0858 e. The average molecular weight is 297 g/mol. The van der Waals surface area contributed by atoms with Crippen molar-refractivity contribution in [2.75, 3.05) is 26.7 Å². The van der Waals surface area contributed by atoms with Gasteiger partial charge in [-0.25, -0.2) is 0 Å². The zero-order chi connectivity index (χ0) is 14.5. The van der Waals surface area contributed by atoms with Crippen molar-refractivity contribution in [1.29, 1.82) is 0 Å². The van der Waals surface area contributed by atoms with E-state index in [-0.39, 0.29) is 6.10 Å². The fourth-order valence-corrected chi connectivity index (χ4v) is 2.96. The van der Waals surface area contributed by atoms with Gasteiger partial charge in [-0.1, -0.05) is 23.7 Å². The van der Waals surface area contributed by atoms with Crippen LogP contribution in [0.3, 0.4) is 0 Å². The van der Waals surface area contributed by atoms with E-state index < -0.39 is 0 Å². The van der Waals surface area contributed by atoms with Crippen molar-refractivity contribution in [3.63, 3.8) is 0 Å². The van der Waals surface area contributed by atoms with Crippen LogP contribution in [0.4, 0.5) is 0 Å². The molecule has 1 aromatic rings. The van der Waals surface area contributed by atoms with Crippen LogP contribution in [0.2, 0.25) is 5.02 Å². The summed E-state index contributed by atoms with van der Waals surface area (Å²) in [5.41, 5.74) is 1.25. The molecule has 1 saturated heterocycles. The van der Waals surface area contributed by atoms with E-state index in [1.165, 1.54) is 5.56 Å². The van der Waals surface area contributed by atoms with Crippen molar-refractivity contribution >= 4 is 11.6 Å². The first kappa shape index (κ1) is 15.8. The van der Waals surface area contributed by atoms with E-state index in [0.717, 1.165) is 31.1 Å². The third kappa shape index (κ3) is 4.19. The summed E-state index contributed by atoms with van der Waals surface area (Å²) >= 11 is 6.06. The number of rotatable bonds is 5. The molecule has 0 amide bonds. The minimum absolute atomic E-state index is 0.232. The molecule has 4 heteroatoms. The molecule has 0 aromatic heterocycles. The molecule has 1 N–H and O–H groups in total. The first-order chi connectivity index (χ1) is 9.60. The Morgan fingerprint density at radius 3 is 2.90 bits per heavy atom. The van der Waals surface area contributed by atoms with Gasteiger partial charge >= 0.3 is 0 Å². The van der Waals surface area contributed by atoms with E-state index in [4.69, 9.17) is 16.3 Å². The van der Waals surface area contributed by atoms with E-state index in [1.54, 1.807) is 0 Å². The summed E-state index contributed by atoms with van der Waals surface area (Å²) in [6.07, 6.45) is 1.17. The van der Waals surface area contributed by atoms with Crippen LogP contribution in [0.5, 0.6) is 0 Å². The molecule has 112 valence electrons. The number of likely N-dealkylation sites (N-methyl/N-ethyl adjacent to an activating group) is 1. The Labute approximate surface area is 127 Å². The highest BCUT2D eigenvalue weighted by molar-refractivity contribution is 6.30. The molecular weight excluding hydrogens is 272 g/mol. The largest absolute Gasteiger partial charge is 0.374 e. The predicted octanol–water partition coefficient (Wildman–Crippen LogP) is 2.58. The zero-order valence-electron chi connectivity index (χ0n) is 12.6. The van der Waals surface area contributed by atoms with Crippen LogP contribution in [-0.4, -0.2) is 49.8 Å². The lowest BCUT2D eigenvalue weighted by molar-refractivity contribution is -0.0541. The van der Waals surface area contributed by atoms with Crippen molar-refractivity contribution in [1.82, 2.24) is 10.2 Å². The first-order valence-corrected chi connectivity index (χ1v) is 7.75. The number of nitrogens with zero attached hydrogens (tertiary/aromatic N) is 1. The lowest BCUT2D eigenvalue weighted by Gasteiger charge is -2.39. The molecule has 2 atom stereocenters. The van der Waals surface area contributed by atoms with Gasteiger partial charge in [0.1, 0.15) is 0 Å². The van der Waals surface area contributed by atoms with Gasteiger partial charge in [-0.05, 0) is 45.0 Å². The molecule has 2 rings (SSSR count). The van der Waals surface area contributed by atoms with Crippen molar-refractivity contribution in [2.24, 2.45) is 0 Å². The number of morpholine rings is 1. The Balaban J connectivity index is 2.00. The minimum atomic E-state index is 0.232. The predicted molar refractivity (Wildman–Crippen MR) is 84.5 cm³/mol. The third-order valence-electron chi connectivity index (χ3n) is 4.02. The summed E-state index contributed by atoms with van der Waals surface area (Å²) in [5.74, 6) is 0. The lowest BCUT2D eigenvalue weighted by atomic mass is 9.99. The highest BCUT2D eigenvalue weighted by Gasteiger charge is 2.28. The van der Waals surface area contributed by atoms with E-state index in [1.807, 2.05) is 25.2 Å². The van der Waals surface area contributed by atoms with E-state index in [2.05, 4.69) is 30.1 Å². The Morgan fingerprint density at radius 1 is 1.45 bits per heavy atom. The first-order valence-electron chi connectivity index (χ1n) is 7.37. The van der Waals surface area contributed by atoms with Gasteiger partial charge in [0.25, 0.3) is 0 Å². The maximum atomic E-state index is 6.06. The van der Waals surface area contributed by atoms with Gasteiger partial charge < -0.3 is 10.1 Å². The average Bonchev–Trinajstić information content (AvgIpc) is 2.45. The van der Waals surface area contributed by atoms with Gasteiger partial charge in [-0.3, -0.25) is 4.90 Å². The van der Waals surface area contributed by atoms with Crippen LogP contribution in [0.1, 0.15) is 19.4 Å². The number of ether oxygens (including phenoxy) is 1. The van der Waals surface area contributed by atoms with E-state index >= 15 is 0 Å². The monoisotopic (exact) mass is 296 g/mol. The maximum absolute atomic E-state index is 6.06. The number of hydrogen-bond donors (Lipinski definition) is 1. The topological polar surface area (TPSA) is 24.5 Å². The van der Waals surface area contributed by atoms with Crippen LogP contribution in [0.25, 0.3) is 0 Å². The summed E-state index contributed by atoms with van der Waals surface area (Å²) in [4.78, 5) is 2.48. The second-order valence-corrected chi connectivity index (χ2v) is 6.16. The summed E-state index contributed by atoms with van der Waals surface area (Å²) in [6, 6.07) is 8.97. The van der Waals surface area contributed by atoms with Gasteiger partial charge in [-0.15, -0.1) is 0 Å². The zero-order valence-corrected chi connectivity index (χ0v) is 13.4. The fraction of sp³-hybridized carbons (Fsp3) is 0.625. The molecule has 1 heterocycles. The number of halogens is 1. The lowest BCUT2D eigenvalue weighted by Crippen LogP contribution is -2.53. The van der Waals surface area contributed by atoms with Crippen LogP contribution >= 0.6 is 11.6 Å². The van der Waals surface area contributed by atoms with Gasteiger partial charge in [0.2, 0.25) is 0 Å². The van der Waals surface area contributed by atoms with Crippen molar-refractivity contribution in [3.8, 4) is 0 Å². The Bertz CT molecular complexity index is 425. The molecule has 1 aromatic carbocycles. The van der Waals surface area contributed by atoms with Gasteiger partial charge in [0.15, 0.2) is 0 Å².